The maximum atomic E-state index is 12.3. The molecule has 1 aromatic heterocycles. The largest absolute Gasteiger partial charge is 0.339 e. The fraction of sp³-hybridized carbons (Fsp3) is 0.429. The Labute approximate surface area is 124 Å². The number of benzene rings is 1. The number of aromatic nitrogens is 2. The third-order valence-corrected chi connectivity index (χ3v) is 3.61. The molecule has 0 saturated carbocycles. The van der Waals surface area contributed by atoms with Crippen LogP contribution in [0.3, 0.4) is 0 Å². The molecule has 2 aromatic rings. The Morgan fingerprint density at radius 1 is 1.30 bits per heavy atom. The normalized spacial score (nSPS) is 15.2. The highest BCUT2D eigenvalue weighted by Gasteiger charge is 2.18. The lowest BCUT2D eigenvalue weighted by Crippen LogP contribution is -2.47. The molecule has 6 heteroatoms. The van der Waals surface area contributed by atoms with Gasteiger partial charge in [-0.3, -0.25) is 4.79 Å². The summed E-state index contributed by atoms with van der Waals surface area (Å²) < 4.78 is 2.00. The Balaban J connectivity index is 0.00000147. The molecule has 2 heterocycles. The van der Waals surface area contributed by atoms with Gasteiger partial charge in [0.25, 0.3) is 0 Å². The minimum Gasteiger partial charge on any atom is -0.339 e. The molecule has 0 aliphatic carbocycles. The summed E-state index contributed by atoms with van der Waals surface area (Å²) >= 11 is 0. The van der Waals surface area contributed by atoms with Gasteiger partial charge in [-0.2, -0.15) is 0 Å². The second-order valence-corrected chi connectivity index (χ2v) is 4.86. The number of rotatable bonds is 2. The summed E-state index contributed by atoms with van der Waals surface area (Å²) in [4.78, 5) is 18.7. The van der Waals surface area contributed by atoms with Crippen molar-refractivity contribution in [3.63, 3.8) is 0 Å². The van der Waals surface area contributed by atoms with Crippen LogP contribution < -0.4 is 5.32 Å². The minimum absolute atomic E-state index is 0. The number of carbonyl (C=O) groups is 1. The van der Waals surface area contributed by atoms with Gasteiger partial charge in [0.05, 0.1) is 11.0 Å². The maximum absolute atomic E-state index is 12.3. The summed E-state index contributed by atoms with van der Waals surface area (Å²) in [5.74, 6) is 1.07. The van der Waals surface area contributed by atoms with E-state index in [1.807, 2.05) is 40.7 Å². The Kier molecular flexibility index (Phi) is 4.62. The van der Waals surface area contributed by atoms with E-state index in [1.54, 1.807) is 0 Å². The van der Waals surface area contributed by atoms with Crippen LogP contribution in [0.5, 0.6) is 0 Å². The molecule has 1 aliphatic rings. The molecule has 3 rings (SSSR count). The molecule has 1 N–H and O–H groups in total. The van der Waals surface area contributed by atoms with Gasteiger partial charge in [-0.05, 0) is 19.1 Å². The monoisotopic (exact) mass is 294 g/mol. The van der Waals surface area contributed by atoms with Crippen molar-refractivity contribution in [3.05, 3.63) is 30.1 Å². The number of aryl methyl sites for hydroxylation is 1. The predicted octanol–water partition coefficient (Wildman–Crippen LogP) is 1.20. The second kappa shape index (κ2) is 6.24. The molecular formula is C14H19ClN4O. The Morgan fingerprint density at radius 3 is 2.75 bits per heavy atom. The Hall–Kier alpha value is -1.59. The van der Waals surface area contributed by atoms with E-state index in [0.29, 0.717) is 6.54 Å². The SMILES string of the molecule is Cc1nc2ccccc2n1CC(=O)N1CCNCC1.Cl. The lowest BCUT2D eigenvalue weighted by atomic mass is 10.3. The van der Waals surface area contributed by atoms with Gasteiger partial charge in [-0.15, -0.1) is 12.4 Å². The molecule has 0 atom stereocenters. The van der Waals surface area contributed by atoms with Gasteiger partial charge < -0.3 is 14.8 Å². The highest BCUT2D eigenvalue weighted by molar-refractivity contribution is 5.85. The number of nitrogens with one attached hydrogen (secondary N) is 1. The number of carbonyl (C=O) groups excluding carboxylic acids is 1. The first-order chi connectivity index (χ1) is 9.25. The van der Waals surface area contributed by atoms with E-state index in [2.05, 4.69) is 10.3 Å². The van der Waals surface area contributed by atoms with Crippen molar-refractivity contribution < 1.29 is 4.79 Å². The van der Waals surface area contributed by atoms with Crippen molar-refractivity contribution in [3.8, 4) is 0 Å². The molecule has 20 heavy (non-hydrogen) atoms. The van der Waals surface area contributed by atoms with Crippen molar-refractivity contribution in [2.75, 3.05) is 26.2 Å². The Bertz CT molecular complexity index is 604. The molecule has 1 fully saturated rings. The van der Waals surface area contributed by atoms with Crippen LogP contribution >= 0.6 is 12.4 Å². The fourth-order valence-corrected chi connectivity index (χ4v) is 2.55. The van der Waals surface area contributed by atoms with Gasteiger partial charge in [-0.1, -0.05) is 12.1 Å². The third-order valence-electron chi connectivity index (χ3n) is 3.61. The molecule has 1 saturated heterocycles. The number of nitrogens with zero attached hydrogens (tertiary/aromatic N) is 3. The molecular weight excluding hydrogens is 276 g/mol. The minimum atomic E-state index is 0. The van der Waals surface area contributed by atoms with Crippen LogP contribution in [-0.4, -0.2) is 46.5 Å². The fourth-order valence-electron chi connectivity index (χ4n) is 2.55. The first kappa shape index (κ1) is 14.8. The van der Waals surface area contributed by atoms with Crippen molar-refractivity contribution in [2.45, 2.75) is 13.5 Å². The van der Waals surface area contributed by atoms with Gasteiger partial charge in [0.2, 0.25) is 5.91 Å². The highest BCUT2D eigenvalue weighted by Crippen LogP contribution is 2.15. The third kappa shape index (κ3) is 2.78. The molecule has 0 radical (unpaired) electrons. The van der Waals surface area contributed by atoms with Crippen molar-refractivity contribution in [1.29, 1.82) is 0 Å². The highest BCUT2D eigenvalue weighted by atomic mass is 35.5. The van der Waals surface area contributed by atoms with E-state index >= 15 is 0 Å². The number of fused-ring (bicyclic) bond motifs is 1. The topological polar surface area (TPSA) is 50.2 Å². The van der Waals surface area contributed by atoms with Crippen LogP contribution in [0.4, 0.5) is 0 Å². The summed E-state index contributed by atoms with van der Waals surface area (Å²) in [6, 6.07) is 7.95. The number of para-hydroxylation sites is 2. The standard InChI is InChI=1S/C14H18N4O.ClH/c1-11-16-12-4-2-3-5-13(12)18(11)10-14(19)17-8-6-15-7-9-17;/h2-5,15H,6-10H2,1H3;1H. The number of halogens is 1. The molecule has 1 aliphatic heterocycles. The summed E-state index contributed by atoms with van der Waals surface area (Å²) in [7, 11) is 0. The second-order valence-electron chi connectivity index (χ2n) is 4.86. The molecule has 5 nitrogen and oxygen atoms in total. The first-order valence-electron chi connectivity index (χ1n) is 6.66. The summed E-state index contributed by atoms with van der Waals surface area (Å²) in [5.41, 5.74) is 1.98. The van der Waals surface area contributed by atoms with E-state index in [1.165, 1.54) is 0 Å². The average molecular weight is 295 g/mol. The number of hydrogen-bond acceptors (Lipinski definition) is 3. The summed E-state index contributed by atoms with van der Waals surface area (Å²) in [5, 5.41) is 3.26. The quantitative estimate of drug-likeness (QED) is 0.905. The van der Waals surface area contributed by atoms with Gasteiger partial charge in [0.15, 0.2) is 0 Å². The summed E-state index contributed by atoms with van der Waals surface area (Å²) in [6.45, 7) is 5.69. The van der Waals surface area contributed by atoms with E-state index < -0.39 is 0 Å². The van der Waals surface area contributed by atoms with Crippen LogP contribution in [0.1, 0.15) is 5.82 Å². The van der Waals surface area contributed by atoms with E-state index in [4.69, 9.17) is 0 Å². The number of piperazine rings is 1. The smallest absolute Gasteiger partial charge is 0.242 e. The molecule has 0 spiro atoms. The van der Waals surface area contributed by atoms with Gasteiger partial charge in [0.1, 0.15) is 12.4 Å². The lowest BCUT2D eigenvalue weighted by molar-refractivity contribution is -0.132. The molecule has 0 bridgehead atoms. The molecule has 0 unspecified atom stereocenters. The number of hydrogen-bond donors (Lipinski definition) is 1. The van der Waals surface area contributed by atoms with E-state index in [0.717, 1.165) is 43.0 Å². The van der Waals surface area contributed by atoms with Crippen LogP contribution in [0, 0.1) is 6.92 Å². The molecule has 1 aromatic carbocycles. The van der Waals surface area contributed by atoms with Crippen molar-refractivity contribution in [1.82, 2.24) is 19.8 Å². The van der Waals surface area contributed by atoms with Gasteiger partial charge in [-0.25, -0.2) is 4.98 Å². The molecule has 108 valence electrons. The van der Waals surface area contributed by atoms with E-state index in [9.17, 15) is 4.79 Å². The molecule has 1 amide bonds. The van der Waals surface area contributed by atoms with Gasteiger partial charge >= 0.3 is 0 Å². The average Bonchev–Trinajstić information content (AvgIpc) is 2.76. The maximum Gasteiger partial charge on any atom is 0.242 e. The zero-order valence-electron chi connectivity index (χ0n) is 11.5. The number of imidazole rings is 1. The zero-order valence-corrected chi connectivity index (χ0v) is 12.3. The van der Waals surface area contributed by atoms with Crippen molar-refractivity contribution >= 4 is 29.3 Å². The van der Waals surface area contributed by atoms with Crippen molar-refractivity contribution in [2.24, 2.45) is 0 Å². The predicted molar refractivity (Wildman–Crippen MR) is 81.2 cm³/mol. The van der Waals surface area contributed by atoms with Gasteiger partial charge in [0, 0.05) is 26.2 Å². The first-order valence-corrected chi connectivity index (χ1v) is 6.66. The van der Waals surface area contributed by atoms with Crippen LogP contribution in [-0.2, 0) is 11.3 Å². The van der Waals surface area contributed by atoms with Crippen LogP contribution in [0.25, 0.3) is 11.0 Å². The Morgan fingerprint density at radius 2 is 2.00 bits per heavy atom. The van der Waals surface area contributed by atoms with E-state index in [-0.39, 0.29) is 18.3 Å². The van der Waals surface area contributed by atoms with Crippen LogP contribution in [0.2, 0.25) is 0 Å². The summed E-state index contributed by atoms with van der Waals surface area (Å²) in [6.07, 6.45) is 0. The lowest BCUT2D eigenvalue weighted by Gasteiger charge is -2.27. The zero-order chi connectivity index (χ0) is 13.2. The van der Waals surface area contributed by atoms with Crippen LogP contribution in [0.15, 0.2) is 24.3 Å². The number of amides is 1.